The molecule has 1 spiro atoms. The summed E-state index contributed by atoms with van der Waals surface area (Å²) in [7, 11) is 0. The quantitative estimate of drug-likeness (QED) is 0.582. The summed E-state index contributed by atoms with van der Waals surface area (Å²) in [6.07, 6.45) is 3.01. The highest BCUT2D eigenvalue weighted by Gasteiger charge is 2.60. The predicted octanol–water partition coefficient (Wildman–Crippen LogP) is 3.97. The van der Waals surface area contributed by atoms with Crippen molar-refractivity contribution < 1.29 is 18.7 Å². The topological polar surface area (TPSA) is 43.4 Å². The van der Waals surface area contributed by atoms with Crippen molar-refractivity contribution in [2.45, 2.75) is 52.1 Å². The van der Waals surface area contributed by atoms with Crippen molar-refractivity contribution in [3.8, 4) is 0 Å². The lowest BCUT2D eigenvalue weighted by Gasteiger charge is -2.47. The van der Waals surface area contributed by atoms with Crippen LogP contribution in [0.5, 0.6) is 0 Å². The number of esters is 1. The highest BCUT2D eigenvalue weighted by Crippen LogP contribution is 2.53. The van der Waals surface area contributed by atoms with Gasteiger partial charge in [-0.15, -0.1) is 0 Å². The Kier molecular flexibility index (Phi) is 3.58. The Balaban J connectivity index is 2.02. The molecule has 118 valence electrons. The summed E-state index contributed by atoms with van der Waals surface area (Å²) in [5.74, 6) is -1.00. The molecule has 1 heterocycles. The minimum Gasteiger partial charge on any atom is -0.456 e. The second kappa shape index (κ2) is 5.18. The van der Waals surface area contributed by atoms with Crippen LogP contribution in [0.3, 0.4) is 0 Å². The summed E-state index contributed by atoms with van der Waals surface area (Å²) in [5, 5.41) is 0. The maximum atomic E-state index is 14.1. The average molecular weight is 304 g/mol. The Bertz CT molecular complexity index is 615. The molecule has 1 aliphatic carbocycles. The number of ketones is 1. The van der Waals surface area contributed by atoms with Crippen molar-refractivity contribution in [2.24, 2.45) is 10.8 Å². The van der Waals surface area contributed by atoms with Gasteiger partial charge < -0.3 is 4.74 Å². The summed E-state index contributed by atoms with van der Waals surface area (Å²) in [6, 6.07) is 6.19. The van der Waals surface area contributed by atoms with Gasteiger partial charge in [0.15, 0.2) is 5.78 Å². The maximum absolute atomic E-state index is 14.1. The molecular formula is C18H21FO3. The fourth-order valence-corrected chi connectivity index (χ4v) is 3.92. The second-order valence-electron chi connectivity index (χ2n) is 7.00. The minimum atomic E-state index is -1.01. The van der Waals surface area contributed by atoms with Gasteiger partial charge in [0.2, 0.25) is 0 Å². The Hall–Kier alpha value is -1.71. The van der Waals surface area contributed by atoms with Crippen LogP contribution in [0.15, 0.2) is 24.3 Å². The molecule has 0 aromatic heterocycles. The van der Waals surface area contributed by atoms with E-state index in [0.717, 1.165) is 19.3 Å². The Labute approximate surface area is 129 Å². The SMILES string of the molecule is CC1(C)C(=O)C2(CCCCC2)C(=O)O[C@@H]1c1ccccc1F. The first-order valence-corrected chi connectivity index (χ1v) is 7.90. The Morgan fingerprint density at radius 3 is 2.36 bits per heavy atom. The van der Waals surface area contributed by atoms with Crippen molar-refractivity contribution in [2.75, 3.05) is 0 Å². The smallest absolute Gasteiger partial charge is 0.320 e. The standard InChI is InChI=1S/C18H21FO3/c1-17(2)14(12-8-4-5-9-13(12)19)22-16(21)18(15(17)20)10-6-3-7-11-18/h4-5,8-9,14H,3,6-7,10-11H2,1-2H3/t14-/m1/s1. The molecule has 1 aromatic rings. The molecule has 1 aliphatic heterocycles. The van der Waals surface area contributed by atoms with E-state index in [-0.39, 0.29) is 11.3 Å². The molecule has 3 rings (SSSR count). The molecule has 1 saturated carbocycles. The predicted molar refractivity (Wildman–Crippen MR) is 79.5 cm³/mol. The van der Waals surface area contributed by atoms with E-state index < -0.39 is 28.7 Å². The van der Waals surface area contributed by atoms with E-state index in [9.17, 15) is 14.0 Å². The number of ether oxygens (including phenoxy) is 1. The third-order valence-corrected chi connectivity index (χ3v) is 5.19. The van der Waals surface area contributed by atoms with Crippen LogP contribution in [0.25, 0.3) is 0 Å². The summed E-state index contributed by atoms with van der Waals surface area (Å²) < 4.78 is 19.7. The zero-order valence-electron chi connectivity index (χ0n) is 13.0. The van der Waals surface area contributed by atoms with E-state index in [2.05, 4.69) is 0 Å². The third kappa shape index (κ3) is 2.08. The number of hydrogen-bond acceptors (Lipinski definition) is 3. The number of Topliss-reactive ketones (excluding diaryl/α,β-unsaturated/α-hetero) is 1. The Morgan fingerprint density at radius 1 is 1.09 bits per heavy atom. The van der Waals surface area contributed by atoms with Gasteiger partial charge >= 0.3 is 5.97 Å². The first-order valence-electron chi connectivity index (χ1n) is 7.90. The minimum absolute atomic E-state index is 0.0933. The molecule has 22 heavy (non-hydrogen) atoms. The van der Waals surface area contributed by atoms with E-state index in [4.69, 9.17) is 4.74 Å². The summed E-state index contributed by atoms with van der Waals surface area (Å²) in [5.41, 5.74) is -1.66. The maximum Gasteiger partial charge on any atom is 0.320 e. The van der Waals surface area contributed by atoms with Gasteiger partial charge in [-0.2, -0.15) is 0 Å². The average Bonchev–Trinajstić information content (AvgIpc) is 2.52. The Morgan fingerprint density at radius 2 is 1.73 bits per heavy atom. The van der Waals surface area contributed by atoms with E-state index in [1.54, 1.807) is 32.0 Å². The molecule has 3 nitrogen and oxygen atoms in total. The van der Waals surface area contributed by atoms with Gasteiger partial charge in [0.05, 0.1) is 5.41 Å². The molecular weight excluding hydrogens is 283 g/mol. The van der Waals surface area contributed by atoms with Crippen LogP contribution in [0.1, 0.15) is 57.6 Å². The molecule has 0 N–H and O–H groups in total. The zero-order valence-corrected chi connectivity index (χ0v) is 13.0. The van der Waals surface area contributed by atoms with Gasteiger partial charge in [0, 0.05) is 5.56 Å². The molecule has 1 atom stereocenters. The van der Waals surface area contributed by atoms with E-state index in [1.165, 1.54) is 6.07 Å². The molecule has 1 saturated heterocycles. The van der Waals surface area contributed by atoms with Crippen molar-refractivity contribution >= 4 is 11.8 Å². The second-order valence-corrected chi connectivity index (χ2v) is 7.00. The highest BCUT2D eigenvalue weighted by molar-refractivity contribution is 6.08. The summed E-state index contributed by atoms with van der Waals surface area (Å²) in [4.78, 5) is 25.7. The fourth-order valence-electron chi connectivity index (χ4n) is 3.92. The van der Waals surface area contributed by atoms with Crippen LogP contribution in [0.4, 0.5) is 4.39 Å². The van der Waals surface area contributed by atoms with Crippen LogP contribution in [-0.2, 0) is 14.3 Å². The van der Waals surface area contributed by atoms with Crippen LogP contribution in [0.2, 0.25) is 0 Å². The van der Waals surface area contributed by atoms with Crippen LogP contribution in [-0.4, -0.2) is 11.8 Å². The molecule has 2 fully saturated rings. The van der Waals surface area contributed by atoms with Gasteiger partial charge in [-0.25, -0.2) is 4.39 Å². The third-order valence-electron chi connectivity index (χ3n) is 5.19. The number of hydrogen-bond donors (Lipinski definition) is 0. The monoisotopic (exact) mass is 304 g/mol. The van der Waals surface area contributed by atoms with E-state index in [0.29, 0.717) is 12.8 Å². The largest absolute Gasteiger partial charge is 0.456 e. The van der Waals surface area contributed by atoms with Crippen LogP contribution in [0, 0.1) is 16.6 Å². The molecule has 0 radical (unpaired) electrons. The number of rotatable bonds is 1. The normalized spacial score (nSPS) is 26.8. The van der Waals surface area contributed by atoms with Crippen molar-refractivity contribution in [1.29, 1.82) is 0 Å². The first kappa shape index (κ1) is 15.2. The van der Waals surface area contributed by atoms with E-state index in [1.807, 2.05) is 0 Å². The van der Waals surface area contributed by atoms with E-state index >= 15 is 0 Å². The number of benzene rings is 1. The number of cyclic esters (lactones) is 1. The number of halogens is 1. The van der Waals surface area contributed by atoms with Gasteiger partial charge in [-0.05, 0) is 32.8 Å². The number of carbonyl (C=O) groups excluding carboxylic acids is 2. The zero-order chi connectivity index (χ0) is 16.0. The molecule has 1 aromatic carbocycles. The van der Waals surface area contributed by atoms with Gasteiger partial charge in [-0.1, -0.05) is 37.5 Å². The lowest BCUT2D eigenvalue weighted by atomic mass is 9.60. The lowest BCUT2D eigenvalue weighted by Crippen LogP contribution is -2.55. The number of carbonyl (C=O) groups is 2. The van der Waals surface area contributed by atoms with Crippen molar-refractivity contribution in [3.63, 3.8) is 0 Å². The van der Waals surface area contributed by atoms with Crippen LogP contribution >= 0.6 is 0 Å². The fraction of sp³-hybridized carbons (Fsp3) is 0.556. The summed E-state index contributed by atoms with van der Waals surface area (Å²) >= 11 is 0. The first-order chi connectivity index (χ1) is 10.4. The molecule has 0 amide bonds. The van der Waals surface area contributed by atoms with Gasteiger partial charge in [-0.3, -0.25) is 9.59 Å². The lowest BCUT2D eigenvalue weighted by molar-refractivity contribution is -0.192. The van der Waals surface area contributed by atoms with Gasteiger partial charge in [0.25, 0.3) is 0 Å². The molecule has 0 bridgehead atoms. The molecule has 2 aliphatic rings. The highest BCUT2D eigenvalue weighted by atomic mass is 19.1. The molecule has 0 unspecified atom stereocenters. The van der Waals surface area contributed by atoms with Crippen molar-refractivity contribution in [1.82, 2.24) is 0 Å². The summed E-state index contributed by atoms with van der Waals surface area (Å²) in [6.45, 7) is 3.52. The van der Waals surface area contributed by atoms with Crippen molar-refractivity contribution in [3.05, 3.63) is 35.6 Å². The molecule has 4 heteroatoms. The van der Waals surface area contributed by atoms with Crippen LogP contribution < -0.4 is 0 Å². The van der Waals surface area contributed by atoms with Gasteiger partial charge in [0.1, 0.15) is 17.3 Å².